The maximum Gasteiger partial charge on any atom is 0.331 e. The number of carbonyl (C=O) groups excluding carboxylic acids is 2. The van der Waals surface area contributed by atoms with Gasteiger partial charge in [0.15, 0.2) is 0 Å². The van der Waals surface area contributed by atoms with Crippen molar-refractivity contribution in [1.29, 1.82) is 0 Å². The molecule has 0 saturated carbocycles. The number of rotatable bonds is 17. The molecule has 0 saturated heterocycles. The van der Waals surface area contributed by atoms with Gasteiger partial charge in [-0.15, -0.1) is 0 Å². The third-order valence-electron chi connectivity index (χ3n) is 9.48. The van der Waals surface area contributed by atoms with E-state index >= 15 is 0 Å². The molecule has 0 aromatic rings. The normalized spacial score (nSPS) is 25.7. The molecule has 53 heavy (non-hydrogen) atoms. The van der Waals surface area contributed by atoms with Crippen molar-refractivity contribution in [3.05, 3.63) is 82.5 Å². The van der Waals surface area contributed by atoms with Crippen molar-refractivity contribution in [2.45, 2.75) is 163 Å². The third-order valence-corrected chi connectivity index (χ3v) is 9.48. The summed E-state index contributed by atoms with van der Waals surface area (Å²) >= 11 is 0. The SMILES string of the molecule is CC(=C\C=C\C(C)=C\C(O)C(O)CC(C)O)/C=C(C)/C=C/C(=O)O[C@H]1CCCC(=O)O[C@@H]([C@@H](C)C/C(C)=C/[C@@H](C)[C@H](O)C[C@@H](C)O)C/C=C(\C)CC1C. The van der Waals surface area contributed by atoms with E-state index in [0.717, 1.165) is 40.7 Å². The van der Waals surface area contributed by atoms with Crippen molar-refractivity contribution in [2.24, 2.45) is 17.8 Å². The summed E-state index contributed by atoms with van der Waals surface area (Å²) < 4.78 is 11.9. The van der Waals surface area contributed by atoms with Crippen molar-refractivity contribution >= 4 is 11.9 Å². The van der Waals surface area contributed by atoms with Gasteiger partial charge in [0.2, 0.25) is 0 Å². The number of hydrogen-bond acceptors (Lipinski definition) is 9. The molecule has 1 rings (SSSR count). The summed E-state index contributed by atoms with van der Waals surface area (Å²) in [6.07, 6.45) is 15.5. The lowest BCUT2D eigenvalue weighted by Gasteiger charge is -2.27. The molecule has 0 spiro atoms. The maximum absolute atomic E-state index is 12.9. The minimum atomic E-state index is -1.07. The van der Waals surface area contributed by atoms with Crippen LogP contribution in [0.3, 0.4) is 0 Å². The fraction of sp³-hybridized carbons (Fsp3) is 0.636. The summed E-state index contributed by atoms with van der Waals surface area (Å²) in [6.45, 7) is 19.1. The van der Waals surface area contributed by atoms with Crippen molar-refractivity contribution < 1.29 is 44.6 Å². The Morgan fingerprint density at radius 2 is 1.55 bits per heavy atom. The first-order valence-electron chi connectivity index (χ1n) is 19.3. The monoisotopic (exact) mass is 743 g/mol. The molecule has 9 nitrogen and oxygen atoms in total. The fourth-order valence-electron chi connectivity index (χ4n) is 6.52. The van der Waals surface area contributed by atoms with Crippen LogP contribution in [-0.4, -0.2) is 80.2 Å². The van der Waals surface area contributed by atoms with Gasteiger partial charge in [-0.1, -0.05) is 97.2 Å². The summed E-state index contributed by atoms with van der Waals surface area (Å²) in [5.74, 6) is -0.659. The second kappa shape index (κ2) is 25.1. The first kappa shape index (κ1) is 47.9. The van der Waals surface area contributed by atoms with Gasteiger partial charge < -0.3 is 35.0 Å². The minimum absolute atomic E-state index is 0.0587. The van der Waals surface area contributed by atoms with E-state index in [2.05, 4.69) is 26.8 Å². The molecule has 1 heterocycles. The van der Waals surface area contributed by atoms with Crippen LogP contribution in [0.15, 0.2) is 82.5 Å². The summed E-state index contributed by atoms with van der Waals surface area (Å²) in [5.41, 5.74) is 4.84. The van der Waals surface area contributed by atoms with E-state index in [0.29, 0.717) is 25.7 Å². The lowest BCUT2D eigenvalue weighted by molar-refractivity contribution is -0.152. The van der Waals surface area contributed by atoms with Gasteiger partial charge in [-0.05, 0) is 92.4 Å². The van der Waals surface area contributed by atoms with E-state index in [9.17, 15) is 35.1 Å². The highest BCUT2D eigenvalue weighted by atomic mass is 16.5. The number of cyclic esters (lactones) is 1. The largest absolute Gasteiger partial charge is 0.462 e. The quantitative estimate of drug-likeness (QED) is 0.0440. The van der Waals surface area contributed by atoms with Gasteiger partial charge in [0.1, 0.15) is 12.2 Å². The highest BCUT2D eigenvalue weighted by Crippen LogP contribution is 2.27. The molecule has 0 aromatic heterocycles. The second-order valence-electron chi connectivity index (χ2n) is 15.6. The van der Waals surface area contributed by atoms with Crippen LogP contribution in [0.5, 0.6) is 0 Å². The maximum atomic E-state index is 12.9. The summed E-state index contributed by atoms with van der Waals surface area (Å²) in [4.78, 5) is 25.9. The van der Waals surface area contributed by atoms with Crippen LogP contribution in [0.1, 0.15) is 121 Å². The van der Waals surface area contributed by atoms with Crippen LogP contribution in [0.2, 0.25) is 0 Å². The van der Waals surface area contributed by atoms with Crippen molar-refractivity contribution in [2.75, 3.05) is 0 Å². The van der Waals surface area contributed by atoms with E-state index in [-0.39, 0.29) is 48.8 Å². The van der Waals surface area contributed by atoms with E-state index in [4.69, 9.17) is 9.47 Å². The molecule has 4 unspecified atom stereocenters. The standard InChI is InChI=1S/C44H70O9/c1-28(13-11-14-29(2)25-39(48)40(49)27-37(10)46)21-30(3)18-20-44(51)52-41-15-12-16-43(50)53-42(19-17-31(4)22-34(41)7)35(8)24-32(5)23-33(6)38(47)26-36(9)45/h11,13-14,17-18,20-21,23,25,33-42,45-49H,12,15-16,19,22,24,26-27H2,1-10H3/b14-11+,20-18+,28-13+,29-25+,30-21+,31-17+,32-23+/t33-,34?,35+,36-,37?,38-,39?,40?,41+,42-/m1/s1. The number of ether oxygens (including phenoxy) is 2. The zero-order chi connectivity index (χ0) is 40.2. The number of allylic oxidation sites excluding steroid dienone is 10. The Balaban J connectivity index is 2.86. The van der Waals surface area contributed by atoms with E-state index in [1.807, 2.05) is 65.0 Å². The fourth-order valence-corrected chi connectivity index (χ4v) is 6.52. The Kier molecular flexibility index (Phi) is 22.7. The van der Waals surface area contributed by atoms with E-state index in [1.165, 1.54) is 6.08 Å². The molecule has 5 N–H and O–H groups in total. The molecule has 0 fully saturated rings. The van der Waals surface area contributed by atoms with Gasteiger partial charge in [-0.25, -0.2) is 4.79 Å². The van der Waals surface area contributed by atoms with Crippen molar-refractivity contribution in [3.63, 3.8) is 0 Å². The lowest BCUT2D eigenvalue weighted by atomic mass is 9.89. The van der Waals surface area contributed by atoms with Gasteiger partial charge in [0.05, 0.1) is 30.5 Å². The predicted octanol–water partition coefficient (Wildman–Crippen LogP) is 7.54. The molecule has 9 heteroatoms. The van der Waals surface area contributed by atoms with E-state index < -0.39 is 36.5 Å². The molecule has 0 aromatic carbocycles. The predicted molar refractivity (Wildman–Crippen MR) is 213 cm³/mol. The average Bonchev–Trinajstić information content (AvgIpc) is 3.03. The molecular formula is C44H70O9. The van der Waals surface area contributed by atoms with E-state index in [1.54, 1.807) is 26.0 Å². The van der Waals surface area contributed by atoms with Crippen molar-refractivity contribution in [3.8, 4) is 0 Å². The first-order chi connectivity index (χ1) is 24.8. The molecule has 1 aliphatic rings. The number of aliphatic hydroxyl groups is 5. The van der Waals surface area contributed by atoms with Crippen molar-refractivity contribution in [1.82, 2.24) is 0 Å². The van der Waals surface area contributed by atoms with Gasteiger partial charge in [0, 0.05) is 31.3 Å². The smallest absolute Gasteiger partial charge is 0.331 e. The zero-order valence-corrected chi connectivity index (χ0v) is 34.0. The summed E-state index contributed by atoms with van der Waals surface area (Å²) in [6, 6.07) is 0. The van der Waals surface area contributed by atoms with Gasteiger partial charge in [0.25, 0.3) is 0 Å². The van der Waals surface area contributed by atoms with Gasteiger partial charge >= 0.3 is 11.9 Å². The summed E-state index contributed by atoms with van der Waals surface area (Å²) in [7, 11) is 0. The highest BCUT2D eigenvalue weighted by Gasteiger charge is 2.26. The molecule has 10 atom stereocenters. The molecule has 0 aliphatic carbocycles. The molecular weight excluding hydrogens is 672 g/mol. The molecule has 0 bridgehead atoms. The molecule has 0 radical (unpaired) electrons. The lowest BCUT2D eigenvalue weighted by Crippen LogP contribution is -2.28. The second-order valence-corrected chi connectivity index (χ2v) is 15.6. The molecule has 1 aliphatic heterocycles. The van der Waals surface area contributed by atoms with Crippen LogP contribution in [0, 0.1) is 17.8 Å². The Morgan fingerprint density at radius 1 is 0.906 bits per heavy atom. The number of hydrogen-bond donors (Lipinski definition) is 5. The minimum Gasteiger partial charge on any atom is -0.462 e. The van der Waals surface area contributed by atoms with Crippen LogP contribution in [0.25, 0.3) is 0 Å². The average molecular weight is 743 g/mol. The highest BCUT2D eigenvalue weighted by molar-refractivity contribution is 5.82. The van der Waals surface area contributed by atoms with Crippen LogP contribution >= 0.6 is 0 Å². The molecule has 0 amide bonds. The summed E-state index contributed by atoms with van der Waals surface area (Å²) in [5, 5.41) is 49.4. The number of aliphatic hydroxyl groups excluding tert-OH is 5. The Morgan fingerprint density at radius 3 is 2.19 bits per heavy atom. The topological polar surface area (TPSA) is 154 Å². The van der Waals surface area contributed by atoms with Crippen LogP contribution in [0.4, 0.5) is 0 Å². The first-order valence-corrected chi connectivity index (χ1v) is 19.3. The number of esters is 2. The molecule has 300 valence electrons. The third kappa shape index (κ3) is 21.4. The Hall–Kier alpha value is -3.08. The van der Waals surface area contributed by atoms with Crippen LogP contribution in [-0.2, 0) is 19.1 Å². The van der Waals surface area contributed by atoms with Crippen LogP contribution < -0.4 is 0 Å². The zero-order valence-electron chi connectivity index (χ0n) is 34.0. The Labute approximate surface area is 319 Å². The van der Waals surface area contributed by atoms with Gasteiger partial charge in [-0.3, -0.25) is 4.79 Å². The number of carbonyl (C=O) groups is 2. The Bertz CT molecular complexity index is 1350. The van der Waals surface area contributed by atoms with Gasteiger partial charge in [-0.2, -0.15) is 0 Å².